The lowest BCUT2D eigenvalue weighted by molar-refractivity contribution is -0.176. The Bertz CT molecular complexity index is 4190. The minimum atomic E-state index is -5.34. The molecule has 9 rings (SSSR count). The van der Waals surface area contributed by atoms with Gasteiger partial charge in [-0.3, -0.25) is 24.3 Å². The minimum Gasteiger partial charge on any atom is -0.744 e. The van der Waals surface area contributed by atoms with Crippen molar-refractivity contribution in [3.63, 3.8) is 0 Å². The number of aromatic nitrogens is 4. The SMILES string of the molecule is CN(CCCC(=O)NCc1ccc(COc2nc(N)nc3c2ncn3CCCNC(=O)c2ccc(N=Nc3ccc(N(C)C)cc3)cc2)cc1)C(=O)c1ccccc1-c1c2ccc(=[NH2+])c(S(=O)(=O)O)c-2oc2c(S(=O)(=O)[O-])c(N)ccc12. The summed E-state index contributed by atoms with van der Waals surface area (Å²) in [6, 6.07) is 33.2. The second-order valence-corrected chi connectivity index (χ2v) is 21.8. The molecule has 3 heterocycles. The number of nitrogens with zero attached hydrogens (tertiary/aromatic N) is 8. The number of nitrogens with one attached hydrogen (secondary N) is 2. The molecule has 0 saturated carbocycles. The second-order valence-electron chi connectivity index (χ2n) is 19.1. The number of rotatable bonds is 21. The molecule has 1 aliphatic heterocycles. The van der Waals surface area contributed by atoms with Crippen LogP contribution in [-0.2, 0) is 44.7 Å². The molecule has 26 heteroatoms. The number of fused-ring (bicyclic) bond motifs is 3. The van der Waals surface area contributed by atoms with Crippen LogP contribution in [0.3, 0.4) is 0 Å². The molecule has 0 spiro atoms. The maximum absolute atomic E-state index is 14.2. The number of nitrogen functional groups attached to an aromatic ring is 2. The Morgan fingerprint density at radius 3 is 2.17 bits per heavy atom. The van der Waals surface area contributed by atoms with Crippen LogP contribution in [0.25, 0.3) is 44.6 Å². The summed E-state index contributed by atoms with van der Waals surface area (Å²) in [5, 5.41) is 19.9. The zero-order valence-electron chi connectivity index (χ0n) is 44.4. The molecule has 24 nitrogen and oxygen atoms in total. The Labute approximate surface area is 469 Å². The van der Waals surface area contributed by atoms with E-state index in [9.17, 15) is 40.3 Å². The van der Waals surface area contributed by atoms with Gasteiger partial charge in [0, 0.05) is 93.1 Å². The number of benzene rings is 6. The standard InChI is InChI=1S/C56H55N13O11S2/c1-67(2)38-21-19-37(20-22-38)66-65-36-17-15-35(16-18-36)53(71)60-27-7-29-69-32-62-47-52(69)63-56(59)64-54(47)79-31-34-13-11-33(12-14-34)30-61-45(70)10-6-28-68(3)55(72)40-9-5-4-8-39(40)46-41-23-25-43(57)50(81(73,74)75)48(41)80-49-42(46)24-26-44(58)51(49)82(76,77)78/h4-5,8-9,11-26,32,57H,6-7,10,27-31,58H2,1-3H3,(H,60,71)(H,61,70)(H2,59,63,64)(H,73,74,75)(H,76,77,78). The van der Waals surface area contributed by atoms with Crippen molar-refractivity contribution in [2.24, 2.45) is 10.2 Å². The highest BCUT2D eigenvalue weighted by molar-refractivity contribution is 7.86. The number of carbonyl (C=O) groups is 3. The van der Waals surface area contributed by atoms with Gasteiger partial charge in [0.2, 0.25) is 28.0 Å². The van der Waals surface area contributed by atoms with Gasteiger partial charge in [-0.15, -0.1) is 0 Å². The van der Waals surface area contributed by atoms with Crippen LogP contribution in [-0.4, -0.2) is 102 Å². The smallest absolute Gasteiger partial charge is 0.304 e. The van der Waals surface area contributed by atoms with Gasteiger partial charge in [0.05, 0.1) is 23.4 Å². The molecule has 2 aromatic heterocycles. The third kappa shape index (κ3) is 12.8. The first-order chi connectivity index (χ1) is 39.1. The Hall–Kier alpha value is -9.63. The van der Waals surface area contributed by atoms with Crippen molar-refractivity contribution >= 4 is 88.8 Å². The number of ether oxygens (including phenoxy) is 1. The molecule has 1 aliphatic carbocycles. The zero-order valence-corrected chi connectivity index (χ0v) is 46.1. The summed E-state index contributed by atoms with van der Waals surface area (Å²) in [6.07, 6.45) is 2.51. The monoisotopic (exact) mass is 1150 g/mol. The number of aryl methyl sites for hydroxylation is 1. The summed E-state index contributed by atoms with van der Waals surface area (Å²) < 4.78 is 86.8. The zero-order chi connectivity index (χ0) is 58.5. The van der Waals surface area contributed by atoms with Crippen LogP contribution in [0.5, 0.6) is 5.88 Å². The summed E-state index contributed by atoms with van der Waals surface area (Å²) in [6.45, 7) is 1.34. The Morgan fingerprint density at radius 2 is 1.49 bits per heavy atom. The van der Waals surface area contributed by atoms with E-state index in [1.54, 1.807) is 42.7 Å². The van der Waals surface area contributed by atoms with Gasteiger partial charge in [0.15, 0.2) is 22.5 Å². The highest BCUT2D eigenvalue weighted by Crippen LogP contribution is 2.45. The van der Waals surface area contributed by atoms with E-state index in [1.165, 1.54) is 48.3 Å². The topological polar surface area (TPSA) is 362 Å². The molecule has 2 aliphatic rings. The van der Waals surface area contributed by atoms with Crippen LogP contribution in [0.1, 0.15) is 51.1 Å². The van der Waals surface area contributed by atoms with Crippen LogP contribution in [0.4, 0.5) is 28.7 Å². The highest BCUT2D eigenvalue weighted by atomic mass is 32.2. The predicted octanol–water partition coefficient (Wildman–Crippen LogP) is 5.37. The molecule has 0 saturated heterocycles. The lowest BCUT2D eigenvalue weighted by Crippen LogP contribution is -2.47. The van der Waals surface area contributed by atoms with E-state index in [2.05, 4.69) is 35.8 Å². The van der Waals surface area contributed by atoms with E-state index < -0.39 is 58.3 Å². The van der Waals surface area contributed by atoms with Gasteiger partial charge in [-0.25, -0.2) is 13.4 Å². The predicted molar refractivity (Wildman–Crippen MR) is 302 cm³/mol. The van der Waals surface area contributed by atoms with Crippen molar-refractivity contribution in [3.05, 3.63) is 155 Å². The Balaban J connectivity index is 0.755. The van der Waals surface area contributed by atoms with Gasteiger partial charge in [-0.2, -0.15) is 28.6 Å². The maximum Gasteiger partial charge on any atom is 0.304 e. The lowest BCUT2D eigenvalue weighted by Gasteiger charge is -2.23. The number of nitrogens with two attached hydrogens (primary N) is 3. The Kier molecular flexibility index (Phi) is 16.7. The number of imidazole rings is 1. The first-order valence-electron chi connectivity index (χ1n) is 25.4. The lowest BCUT2D eigenvalue weighted by atomic mass is 9.90. The quantitative estimate of drug-likeness (QED) is 0.0173. The van der Waals surface area contributed by atoms with Crippen molar-refractivity contribution in [1.29, 1.82) is 0 Å². The van der Waals surface area contributed by atoms with E-state index in [4.69, 9.17) is 26.0 Å². The van der Waals surface area contributed by atoms with Gasteiger partial charge in [0.1, 0.15) is 21.6 Å². The summed E-state index contributed by atoms with van der Waals surface area (Å²) in [7, 11) is -4.98. The van der Waals surface area contributed by atoms with Gasteiger partial charge < -0.3 is 50.2 Å². The molecular weight excluding hydrogens is 1090 g/mol. The minimum absolute atomic E-state index is 0.00104. The molecule has 5 aromatic carbocycles. The molecule has 3 amide bonds. The van der Waals surface area contributed by atoms with Crippen molar-refractivity contribution in [1.82, 2.24) is 35.1 Å². The van der Waals surface area contributed by atoms with Crippen molar-refractivity contribution in [2.45, 2.75) is 48.7 Å². The number of azo groups is 1. The number of amides is 3. The van der Waals surface area contributed by atoms with Crippen molar-refractivity contribution in [2.75, 3.05) is 50.6 Å². The van der Waals surface area contributed by atoms with Gasteiger partial charge in [-0.05, 0) is 102 Å². The molecule has 422 valence electrons. The molecule has 82 heavy (non-hydrogen) atoms. The molecule has 9 N–H and O–H groups in total. The van der Waals surface area contributed by atoms with Crippen LogP contribution < -0.4 is 42.5 Å². The molecule has 7 aromatic rings. The van der Waals surface area contributed by atoms with Gasteiger partial charge >= 0.3 is 10.1 Å². The Morgan fingerprint density at radius 1 is 0.805 bits per heavy atom. The number of hydrogen-bond acceptors (Lipinski definition) is 18. The van der Waals surface area contributed by atoms with E-state index in [0.29, 0.717) is 47.6 Å². The largest absolute Gasteiger partial charge is 0.744 e. The van der Waals surface area contributed by atoms with Crippen LogP contribution >= 0.6 is 0 Å². The second kappa shape index (κ2) is 24.0. The number of anilines is 3. The normalized spacial score (nSPS) is 11.8. The van der Waals surface area contributed by atoms with Crippen molar-refractivity contribution < 1.29 is 54.9 Å². The van der Waals surface area contributed by atoms with Crippen LogP contribution in [0.15, 0.2) is 152 Å². The summed E-state index contributed by atoms with van der Waals surface area (Å²) in [4.78, 5) is 54.8. The fourth-order valence-electron chi connectivity index (χ4n) is 9.04. The maximum atomic E-state index is 14.2. The average molecular weight is 1150 g/mol. The van der Waals surface area contributed by atoms with E-state index in [-0.39, 0.29) is 83.8 Å². The fraction of sp³-hybridized carbons (Fsp3) is 0.196. The molecule has 0 atom stereocenters. The van der Waals surface area contributed by atoms with Crippen molar-refractivity contribution in [3.8, 4) is 28.3 Å². The highest BCUT2D eigenvalue weighted by Gasteiger charge is 2.32. The summed E-state index contributed by atoms with van der Waals surface area (Å²) in [5.74, 6) is -1.39. The fourth-order valence-corrected chi connectivity index (χ4v) is 10.5. The van der Waals surface area contributed by atoms with Gasteiger partial charge in [-0.1, -0.05) is 42.5 Å². The molecule has 0 unspecified atom stereocenters. The first kappa shape index (κ1) is 57.1. The average Bonchev–Trinajstić information content (AvgIpc) is 2.80. The molecular formula is C56H55N13O11S2. The molecule has 0 fully saturated rings. The first-order valence-corrected chi connectivity index (χ1v) is 28.2. The third-order valence-electron chi connectivity index (χ3n) is 13.2. The number of carbonyl (C=O) groups excluding carboxylic acids is 3. The van der Waals surface area contributed by atoms with Crippen LogP contribution in [0.2, 0.25) is 0 Å². The third-order valence-corrected chi connectivity index (χ3v) is 15.0. The number of hydrogen-bond donors (Lipinski definition) is 6. The summed E-state index contributed by atoms with van der Waals surface area (Å²) in [5.41, 5.74) is 16.7. The van der Waals surface area contributed by atoms with E-state index >= 15 is 0 Å². The van der Waals surface area contributed by atoms with Gasteiger partial charge in [0.25, 0.3) is 11.8 Å². The molecule has 0 bridgehead atoms. The van der Waals surface area contributed by atoms with Crippen LogP contribution in [0, 0.1) is 0 Å². The summed E-state index contributed by atoms with van der Waals surface area (Å²) >= 11 is 0. The molecule has 0 radical (unpaired) electrons. The van der Waals surface area contributed by atoms with E-state index in [1.807, 2.05) is 72.1 Å². The van der Waals surface area contributed by atoms with E-state index in [0.717, 1.165) is 16.8 Å².